The number of hydrogen-bond acceptors (Lipinski definition) is 2. The van der Waals surface area contributed by atoms with Gasteiger partial charge >= 0.3 is 5.97 Å². The van der Waals surface area contributed by atoms with Crippen molar-refractivity contribution in [2.75, 3.05) is 6.54 Å². The van der Waals surface area contributed by atoms with E-state index in [1.807, 2.05) is 19.9 Å². The van der Waals surface area contributed by atoms with Crippen LogP contribution < -0.4 is 0 Å². The van der Waals surface area contributed by atoms with E-state index in [0.29, 0.717) is 25.8 Å². The number of carbonyl (C=O) groups excluding carboxylic acids is 1. The van der Waals surface area contributed by atoms with E-state index < -0.39 is 12.0 Å². The van der Waals surface area contributed by atoms with Gasteiger partial charge in [-0.2, -0.15) is 0 Å². The second-order valence-corrected chi connectivity index (χ2v) is 5.51. The van der Waals surface area contributed by atoms with Gasteiger partial charge in [0.1, 0.15) is 6.04 Å². The number of likely N-dealkylation sites (tertiary alicyclic amines) is 1. The van der Waals surface area contributed by atoms with Crippen LogP contribution in [-0.4, -0.2) is 34.5 Å². The molecular weight excluding hydrogens is 254 g/mol. The minimum Gasteiger partial charge on any atom is -0.480 e. The zero-order chi connectivity index (χ0) is 14.7. The molecule has 20 heavy (non-hydrogen) atoms. The Kier molecular flexibility index (Phi) is 4.42. The number of carboxylic acid groups (broad SMARTS) is 1. The van der Waals surface area contributed by atoms with E-state index in [1.165, 1.54) is 16.0 Å². The molecule has 0 saturated carbocycles. The maximum Gasteiger partial charge on any atom is 0.326 e. The van der Waals surface area contributed by atoms with Crippen molar-refractivity contribution in [3.8, 4) is 0 Å². The van der Waals surface area contributed by atoms with E-state index in [2.05, 4.69) is 12.1 Å². The number of aliphatic carboxylic acids is 1. The summed E-state index contributed by atoms with van der Waals surface area (Å²) >= 11 is 0. The number of nitrogens with zero attached hydrogens (tertiary/aromatic N) is 1. The van der Waals surface area contributed by atoms with Gasteiger partial charge in [0.15, 0.2) is 0 Å². The number of benzene rings is 1. The zero-order valence-corrected chi connectivity index (χ0v) is 12.1. The van der Waals surface area contributed by atoms with Crippen molar-refractivity contribution in [3.05, 3.63) is 34.9 Å². The third kappa shape index (κ3) is 3.18. The lowest BCUT2D eigenvalue weighted by Crippen LogP contribution is -2.40. The van der Waals surface area contributed by atoms with Crippen LogP contribution in [0.25, 0.3) is 0 Å². The normalized spacial score (nSPS) is 18.3. The van der Waals surface area contributed by atoms with Crippen molar-refractivity contribution in [2.45, 2.75) is 45.6 Å². The SMILES string of the molecule is Cc1ccc(CCC(=O)N2CCC[C@H]2C(=O)O)c(C)c1. The monoisotopic (exact) mass is 275 g/mol. The number of rotatable bonds is 4. The average Bonchev–Trinajstić information content (AvgIpc) is 2.86. The largest absolute Gasteiger partial charge is 0.480 e. The van der Waals surface area contributed by atoms with E-state index in [4.69, 9.17) is 5.11 Å². The molecule has 1 saturated heterocycles. The standard InChI is InChI=1S/C16H21NO3/c1-11-5-6-13(12(2)10-11)7-8-15(18)17-9-3-4-14(17)16(19)20/h5-6,10,14H,3-4,7-9H2,1-2H3,(H,19,20)/t14-/m0/s1. The summed E-state index contributed by atoms with van der Waals surface area (Å²) in [5.74, 6) is -0.933. The van der Waals surface area contributed by atoms with Crippen LogP contribution in [0.4, 0.5) is 0 Å². The molecule has 0 bridgehead atoms. The van der Waals surface area contributed by atoms with E-state index in [0.717, 1.165) is 12.0 Å². The first-order valence-corrected chi connectivity index (χ1v) is 7.07. The molecule has 1 fully saturated rings. The second-order valence-electron chi connectivity index (χ2n) is 5.51. The predicted molar refractivity (Wildman–Crippen MR) is 76.6 cm³/mol. The van der Waals surface area contributed by atoms with E-state index >= 15 is 0 Å². The van der Waals surface area contributed by atoms with Gasteiger partial charge in [0, 0.05) is 13.0 Å². The van der Waals surface area contributed by atoms with Gasteiger partial charge in [-0.25, -0.2) is 4.79 Å². The van der Waals surface area contributed by atoms with Gasteiger partial charge in [-0.05, 0) is 44.2 Å². The maximum absolute atomic E-state index is 12.2. The van der Waals surface area contributed by atoms with Crippen LogP contribution in [-0.2, 0) is 16.0 Å². The smallest absolute Gasteiger partial charge is 0.326 e. The average molecular weight is 275 g/mol. The Bertz CT molecular complexity index is 524. The number of hydrogen-bond donors (Lipinski definition) is 1. The van der Waals surface area contributed by atoms with Crippen LogP contribution in [0.1, 0.15) is 36.0 Å². The topological polar surface area (TPSA) is 57.6 Å². The molecule has 1 amide bonds. The molecule has 1 N–H and O–H groups in total. The number of aryl methyl sites for hydroxylation is 3. The Morgan fingerprint density at radius 3 is 2.75 bits per heavy atom. The Hall–Kier alpha value is -1.84. The third-order valence-corrected chi connectivity index (χ3v) is 3.96. The van der Waals surface area contributed by atoms with Crippen molar-refractivity contribution >= 4 is 11.9 Å². The molecule has 0 unspecified atom stereocenters. The summed E-state index contributed by atoms with van der Waals surface area (Å²) in [6.07, 6.45) is 2.42. The van der Waals surface area contributed by atoms with Crippen molar-refractivity contribution < 1.29 is 14.7 Å². The summed E-state index contributed by atoms with van der Waals surface area (Å²) in [5, 5.41) is 9.10. The van der Waals surface area contributed by atoms with Gasteiger partial charge in [-0.3, -0.25) is 4.79 Å². The first-order chi connectivity index (χ1) is 9.49. The second kappa shape index (κ2) is 6.07. The molecule has 0 aliphatic carbocycles. The first-order valence-electron chi connectivity index (χ1n) is 7.07. The zero-order valence-electron chi connectivity index (χ0n) is 12.1. The molecule has 0 radical (unpaired) electrons. The summed E-state index contributed by atoms with van der Waals surface area (Å²) in [5.41, 5.74) is 3.56. The summed E-state index contributed by atoms with van der Waals surface area (Å²) in [4.78, 5) is 24.8. The van der Waals surface area contributed by atoms with Gasteiger partial charge in [0.05, 0.1) is 0 Å². The fraction of sp³-hybridized carbons (Fsp3) is 0.500. The van der Waals surface area contributed by atoms with E-state index in [-0.39, 0.29) is 5.91 Å². The molecule has 4 heteroatoms. The quantitative estimate of drug-likeness (QED) is 0.917. The van der Waals surface area contributed by atoms with Crippen LogP contribution >= 0.6 is 0 Å². The number of carbonyl (C=O) groups is 2. The molecule has 1 aliphatic rings. The fourth-order valence-corrected chi connectivity index (χ4v) is 2.83. The van der Waals surface area contributed by atoms with Gasteiger partial charge in [0.25, 0.3) is 0 Å². The molecule has 1 atom stereocenters. The molecule has 1 aliphatic heterocycles. The minimum atomic E-state index is -0.887. The Balaban J connectivity index is 1.96. The lowest BCUT2D eigenvalue weighted by molar-refractivity contribution is -0.148. The molecule has 4 nitrogen and oxygen atoms in total. The van der Waals surface area contributed by atoms with Crippen molar-refractivity contribution in [1.29, 1.82) is 0 Å². The van der Waals surface area contributed by atoms with Crippen LogP contribution in [0, 0.1) is 13.8 Å². The molecular formula is C16H21NO3. The third-order valence-electron chi connectivity index (χ3n) is 3.96. The molecule has 108 valence electrons. The summed E-state index contributed by atoms with van der Waals surface area (Å²) < 4.78 is 0. The predicted octanol–water partition coefficient (Wildman–Crippen LogP) is 2.31. The lowest BCUT2D eigenvalue weighted by atomic mass is 10.0. The van der Waals surface area contributed by atoms with Crippen LogP contribution in [0.3, 0.4) is 0 Å². The van der Waals surface area contributed by atoms with Gasteiger partial charge in [0.2, 0.25) is 5.91 Å². The minimum absolute atomic E-state index is 0.0464. The van der Waals surface area contributed by atoms with Crippen LogP contribution in [0.15, 0.2) is 18.2 Å². The molecule has 1 aromatic carbocycles. The summed E-state index contributed by atoms with van der Waals surface area (Å²) in [7, 11) is 0. The number of amides is 1. The Morgan fingerprint density at radius 2 is 2.10 bits per heavy atom. The highest BCUT2D eigenvalue weighted by atomic mass is 16.4. The first kappa shape index (κ1) is 14.6. The van der Waals surface area contributed by atoms with Crippen molar-refractivity contribution in [1.82, 2.24) is 4.90 Å². The molecule has 1 aromatic rings. The van der Waals surface area contributed by atoms with Gasteiger partial charge in [-0.15, -0.1) is 0 Å². The molecule has 1 heterocycles. The summed E-state index contributed by atoms with van der Waals surface area (Å²) in [6, 6.07) is 5.58. The van der Waals surface area contributed by atoms with E-state index in [1.54, 1.807) is 0 Å². The molecule has 0 aromatic heterocycles. The highest BCUT2D eigenvalue weighted by Crippen LogP contribution is 2.20. The molecule has 0 spiro atoms. The maximum atomic E-state index is 12.2. The highest BCUT2D eigenvalue weighted by molar-refractivity contribution is 5.84. The van der Waals surface area contributed by atoms with Crippen LogP contribution in [0.5, 0.6) is 0 Å². The number of carboxylic acids is 1. The van der Waals surface area contributed by atoms with Crippen LogP contribution in [0.2, 0.25) is 0 Å². The lowest BCUT2D eigenvalue weighted by Gasteiger charge is -2.21. The van der Waals surface area contributed by atoms with Gasteiger partial charge in [-0.1, -0.05) is 23.8 Å². The fourth-order valence-electron chi connectivity index (χ4n) is 2.83. The molecule has 2 rings (SSSR count). The van der Waals surface area contributed by atoms with Crippen molar-refractivity contribution in [2.24, 2.45) is 0 Å². The Labute approximate surface area is 119 Å². The highest BCUT2D eigenvalue weighted by Gasteiger charge is 2.33. The van der Waals surface area contributed by atoms with E-state index in [9.17, 15) is 9.59 Å². The summed E-state index contributed by atoms with van der Waals surface area (Å²) in [6.45, 7) is 4.66. The van der Waals surface area contributed by atoms with Crippen molar-refractivity contribution in [3.63, 3.8) is 0 Å². The Morgan fingerprint density at radius 1 is 1.35 bits per heavy atom. The van der Waals surface area contributed by atoms with Gasteiger partial charge < -0.3 is 10.0 Å².